The Labute approximate surface area is 230 Å². The lowest BCUT2D eigenvalue weighted by atomic mass is 9.73. The van der Waals surface area contributed by atoms with Gasteiger partial charge in [-0.25, -0.2) is 0 Å². The normalized spacial score (nSPS) is 27.3. The summed E-state index contributed by atoms with van der Waals surface area (Å²) in [5.41, 5.74) is -0.374. The molecule has 2 atom stereocenters. The fourth-order valence-corrected chi connectivity index (χ4v) is 6.99. The second kappa shape index (κ2) is 10.9. The highest BCUT2D eigenvalue weighted by Gasteiger charge is 2.49. The molecule has 0 radical (unpaired) electrons. The van der Waals surface area contributed by atoms with Gasteiger partial charge in [-0.15, -0.1) is 0 Å². The van der Waals surface area contributed by atoms with Gasteiger partial charge in [0.25, 0.3) is 5.89 Å². The van der Waals surface area contributed by atoms with Crippen molar-refractivity contribution in [2.24, 2.45) is 11.8 Å². The molecule has 3 aliphatic heterocycles. The number of fused-ring (bicyclic) bond motifs is 3. The number of aliphatic hydroxyl groups is 1. The first-order valence-electron chi connectivity index (χ1n) is 13.4. The van der Waals surface area contributed by atoms with Crippen molar-refractivity contribution in [3.63, 3.8) is 0 Å². The molecule has 0 amide bonds. The summed E-state index contributed by atoms with van der Waals surface area (Å²) in [4.78, 5) is 4.86. The molecule has 7 rings (SSSR count). The molecule has 1 aromatic heterocycles. The minimum absolute atomic E-state index is 0. The van der Waals surface area contributed by atoms with Crippen molar-refractivity contribution in [3.05, 3.63) is 76.9 Å². The van der Waals surface area contributed by atoms with Gasteiger partial charge in [0.15, 0.2) is 18.2 Å². The first kappa shape index (κ1) is 26.5. The summed E-state index contributed by atoms with van der Waals surface area (Å²) in [5, 5.41) is 17.2. The van der Waals surface area contributed by atoms with Crippen molar-refractivity contribution in [3.8, 4) is 5.75 Å². The second-order valence-electron chi connectivity index (χ2n) is 11.1. The fourth-order valence-electron chi connectivity index (χ4n) is 6.81. The molecule has 3 saturated heterocycles. The summed E-state index contributed by atoms with van der Waals surface area (Å²) in [6, 6.07) is 17.6. The van der Waals surface area contributed by atoms with Gasteiger partial charge in [-0.3, -0.25) is 0 Å². The van der Waals surface area contributed by atoms with E-state index in [1.54, 1.807) is 0 Å². The van der Waals surface area contributed by atoms with Crippen LogP contribution in [0.25, 0.3) is 0 Å². The van der Waals surface area contributed by atoms with Crippen molar-refractivity contribution in [2.75, 3.05) is 19.6 Å². The van der Waals surface area contributed by atoms with Crippen molar-refractivity contribution in [1.82, 2.24) is 10.1 Å². The SMILES string of the molecule is O[C@](c1ccccc1)(c1noc(C[N+]23CCC(CC2)[C@@H](Oc2cccc(Cl)c2)C3)n1)C1CCCCC1.[Cl-]. The minimum Gasteiger partial charge on any atom is -1.00 e. The Kier molecular flexibility index (Phi) is 7.83. The molecule has 3 aromatic rings. The van der Waals surface area contributed by atoms with Gasteiger partial charge in [-0.1, -0.05) is 72.4 Å². The molecule has 1 saturated carbocycles. The molecule has 1 aliphatic carbocycles. The summed E-state index contributed by atoms with van der Waals surface area (Å²) >= 11 is 6.18. The largest absolute Gasteiger partial charge is 1.00 e. The fraction of sp³-hybridized carbons (Fsp3) is 0.517. The number of piperidine rings is 3. The summed E-state index contributed by atoms with van der Waals surface area (Å²) in [6.07, 6.45) is 7.82. The van der Waals surface area contributed by atoms with Crippen molar-refractivity contribution >= 4 is 11.6 Å². The Morgan fingerprint density at radius 3 is 2.49 bits per heavy atom. The average molecular weight is 545 g/mol. The van der Waals surface area contributed by atoms with Gasteiger partial charge < -0.3 is 31.3 Å². The summed E-state index contributed by atoms with van der Waals surface area (Å²) < 4.78 is 13.2. The van der Waals surface area contributed by atoms with Crippen molar-refractivity contribution in [2.45, 2.75) is 63.2 Å². The van der Waals surface area contributed by atoms with Crippen LogP contribution in [0.2, 0.25) is 5.02 Å². The molecule has 2 aromatic carbocycles. The number of benzene rings is 2. The van der Waals surface area contributed by atoms with Gasteiger partial charge in [0.05, 0.1) is 13.1 Å². The molecular formula is C29H35Cl2N3O3. The maximum atomic E-state index is 12.1. The highest BCUT2D eigenvalue weighted by atomic mass is 35.5. The van der Waals surface area contributed by atoms with Gasteiger partial charge in [0.2, 0.25) is 5.82 Å². The number of aromatic nitrogens is 2. The van der Waals surface area contributed by atoms with E-state index in [9.17, 15) is 5.11 Å². The number of rotatable bonds is 7. The third-order valence-corrected chi connectivity index (χ3v) is 9.05. The van der Waals surface area contributed by atoms with Gasteiger partial charge >= 0.3 is 0 Å². The molecule has 0 spiro atoms. The second-order valence-corrected chi connectivity index (χ2v) is 11.5. The monoisotopic (exact) mass is 543 g/mol. The lowest BCUT2D eigenvalue weighted by Gasteiger charge is -2.51. The zero-order valence-electron chi connectivity index (χ0n) is 21.1. The van der Waals surface area contributed by atoms with Crippen LogP contribution < -0.4 is 17.1 Å². The quantitative estimate of drug-likeness (QED) is 0.464. The molecular weight excluding hydrogens is 509 g/mol. The van der Waals surface area contributed by atoms with Crippen LogP contribution in [0.3, 0.4) is 0 Å². The van der Waals surface area contributed by atoms with E-state index in [0.717, 1.165) is 74.0 Å². The molecule has 0 unspecified atom stereocenters. The zero-order chi connectivity index (χ0) is 24.6. The van der Waals surface area contributed by atoms with E-state index >= 15 is 0 Å². The Morgan fingerprint density at radius 1 is 1.00 bits per heavy atom. The Bertz CT molecular complexity index is 1180. The van der Waals surface area contributed by atoms with Gasteiger partial charge in [-0.05, 0) is 42.5 Å². The molecule has 8 heteroatoms. The summed E-state index contributed by atoms with van der Waals surface area (Å²) in [7, 11) is 0. The zero-order valence-corrected chi connectivity index (χ0v) is 22.6. The molecule has 4 aliphatic rings. The summed E-state index contributed by atoms with van der Waals surface area (Å²) in [5.74, 6) is 2.51. The van der Waals surface area contributed by atoms with Crippen LogP contribution in [0, 0.1) is 11.8 Å². The lowest BCUT2D eigenvalue weighted by molar-refractivity contribution is -0.959. The van der Waals surface area contributed by atoms with Crippen LogP contribution in [0.5, 0.6) is 5.75 Å². The lowest BCUT2D eigenvalue weighted by Crippen LogP contribution is -3.00. The first-order chi connectivity index (χ1) is 17.5. The van der Waals surface area contributed by atoms with E-state index in [4.69, 9.17) is 25.8 Å². The highest BCUT2D eigenvalue weighted by Crippen LogP contribution is 2.43. The van der Waals surface area contributed by atoms with Crippen molar-refractivity contribution in [1.29, 1.82) is 0 Å². The minimum atomic E-state index is -1.23. The third kappa shape index (κ3) is 5.26. The van der Waals surface area contributed by atoms with Crippen LogP contribution in [0.1, 0.15) is 62.2 Å². The van der Waals surface area contributed by atoms with Gasteiger partial charge in [0.1, 0.15) is 12.3 Å². The number of halogens is 2. The number of hydrogen-bond acceptors (Lipinski definition) is 5. The number of hydrogen-bond donors (Lipinski definition) is 1. The number of nitrogens with zero attached hydrogens (tertiary/aromatic N) is 3. The molecule has 2 bridgehead atoms. The predicted octanol–water partition coefficient (Wildman–Crippen LogP) is 2.73. The van der Waals surface area contributed by atoms with Crippen LogP contribution in [-0.4, -0.2) is 45.5 Å². The van der Waals surface area contributed by atoms with Crippen molar-refractivity contribution < 1.29 is 31.3 Å². The van der Waals surface area contributed by atoms with E-state index in [1.165, 1.54) is 6.42 Å². The van der Waals surface area contributed by atoms with E-state index in [2.05, 4.69) is 5.16 Å². The van der Waals surface area contributed by atoms with E-state index in [0.29, 0.717) is 29.2 Å². The van der Waals surface area contributed by atoms with Gasteiger partial charge in [0, 0.05) is 23.8 Å². The Hall–Kier alpha value is -2.12. The maximum absolute atomic E-state index is 12.1. The Morgan fingerprint density at radius 2 is 1.76 bits per heavy atom. The Balaban J connectivity index is 0.00000280. The molecule has 4 fully saturated rings. The first-order valence-corrected chi connectivity index (χ1v) is 13.8. The highest BCUT2D eigenvalue weighted by molar-refractivity contribution is 6.30. The van der Waals surface area contributed by atoms with Crippen LogP contribution in [0.4, 0.5) is 0 Å². The molecule has 6 nitrogen and oxygen atoms in total. The third-order valence-electron chi connectivity index (χ3n) is 8.81. The maximum Gasteiger partial charge on any atom is 0.282 e. The smallest absolute Gasteiger partial charge is 0.282 e. The van der Waals surface area contributed by atoms with E-state index in [-0.39, 0.29) is 24.4 Å². The topological polar surface area (TPSA) is 68.4 Å². The number of quaternary nitrogens is 1. The van der Waals surface area contributed by atoms with Crippen LogP contribution >= 0.6 is 11.6 Å². The summed E-state index contributed by atoms with van der Waals surface area (Å²) in [6.45, 7) is 3.76. The molecule has 1 N–H and O–H groups in total. The standard InChI is InChI=1S/C29H35ClN3O3.ClH/c30-24-12-7-13-25(18-24)35-26-19-33(16-14-21(26)15-17-33)20-27-31-28(32-36-27)29(34,22-8-3-1-4-9-22)23-10-5-2-6-11-23;/h1,3-4,7-9,12-13,18,21,23,26,34H,2,5-6,10-11,14-17,19-20H2;1H/q+1;/p-1/t21?,26-,29-,33?;/m0./s1. The van der Waals surface area contributed by atoms with E-state index < -0.39 is 5.60 Å². The molecule has 37 heavy (non-hydrogen) atoms. The van der Waals surface area contributed by atoms with E-state index in [1.807, 2.05) is 54.6 Å². The average Bonchev–Trinajstić information content (AvgIpc) is 3.38. The molecule has 4 heterocycles. The van der Waals surface area contributed by atoms with Gasteiger partial charge in [-0.2, -0.15) is 4.98 Å². The van der Waals surface area contributed by atoms with Crippen LogP contribution in [-0.2, 0) is 12.1 Å². The number of ether oxygens (including phenoxy) is 1. The van der Waals surface area contributed by atoms with Crippen LogP contribution in [0.15, 0.2) is 59.1 Å². The predicted molar refractivity (Wildman–Crippen MR) is 137 cm³/mol. The molecule has 198 valence electrons.